The Bertz CT molecular complexity index is 940. The van der Waals surface area contributed by atoms with Crippen LogP contribution in [0.5, 0.6) is 11.5 Å². The molecule has 2 aromatic carbocycles. The number of carbonyl (C=O) groups is 3. The third-order valence-electron chi connectivity index (χ3n) is 4.26. The zero-order valence-corrected chi connectivity index (χ0v) is 16.3. The number of benzene rings is 2. The molecule has 8 heteroatoms. The van der Waals surface area contributed by atoms with E-state index in [1.165, 1.54) is 19.3 Å². The van der Waals surface area contributed by atoms with E-state index in [2.05, 4.69) is 5.32 Å². The van der Waals surface area contributed by atoms with Gasteiger partial charge in [-0.3, -0.25) is 4.79 Å². The van der Waals surface area contributed by atoms with Crippen molar-refractivity contribution in [2.45, 2.75) is 12.5 Å². The summed E-state index contributed by atoms with van der Waals surface area (Å²) in [7, 11) is 1.24. The van der Waals surface area contributed by atoms with E-state index in [1.807, 2.05) is 30.3 Å². The lowest BCUT2D eigenvalue weighted by Gasteiger charge is -2.16. The van der Waals surface area contributed by atoms with Crippen LogP contribution >= 0.6 is 0 Å². The number of hydrogen-bond acceptors (Lipinski definition) is 7. The molecule has 0 spiro atoms. The van der Waals surface area contributed by atoms with Crippen LogP contribution in [0.25, 0.3) is 6.08 Å². The second-order valence-corrected chi connectivity index (χ2v) is 6.39. The van der Waals surface area contributed by atoms with Gasteiger partial charge in [0.1, 0.15) is 6.04 Å². The Hall–Kier alpha value is -3.81. The van der Waals surface area contributed by atoms with Crippen molar-refractivity contribution in [2.24, 2.45) is 0 Å². The highest BCUT2D eigenvalue weighted by Gasteiger charge is 2.22. The molecule has 0 saturated heterocycles. The number of nitrogens with one attached hydrogen (secondary N) is 1. The van der Waals surface area contributed by atoms with Crippen molar-refractivity contribution in [2.75, 3.05) is 20.5 Å². The van der Waals surface area contributed by atoms with E-state index in [4.69, 9.17) is 18.9 Å². The van der Waals surface area contributed by atoms with Crippen molar-refractivity contribution in [3.8, 4) is 11.5 Å². The lowest BCUT2D eigenvalue weighted by atomic mass is 10.1. The standard InChI is InChI=1S/C22H21NO7/c1-27-22(26)17(11-15-5-3-2-4-6-15)23-20(24)13-28-21(25)10-8-16-7-9-18-19(12-16)30-14-29-18/h2-10,12,17H,11,13-14H2,1H3,(H,23,24)/b10-8+/t17-/m1/s1. The molecule has 1 amide bonds. The summed E-state index contributed by atoms with van der Waals surface area (Å²) < 4.78 is 20.2. The Labute approximate surface area is 173 Å². The Morgan fingerprint density at radius 3 is 2.63 bits per heavy atom. The fourth-order valence-corrected chi connectivity index (χ4v) is 2.79. The molecule has 2 aromatic rings. The Morgan fingerprint density at radius 2 is 1.87 bits per heavy atom. The summed E-state index contributed by atoms with van der Waals surface area (Å²) in [6, 6.07) is 13.5. The lowest BCUT2D eigenvalue weighted by molar-refractivity contribution is -0.147. The Balaban J connectivity index is 1.49. The number of methoxy groups -OCH3 is 1. The van der Waals surface area contributed by atoms with Crippen LogP contribution in [0.4, 0.5) is 0 Å². The van der Waals surface area contributed by atoms with Gasteiger partial charge in [-0.2, -0.15) is 0 Å². The van der Waals surface area contributed by atoms with Crippen molar-refractivity contribution >= 4 is 23.9 Å². The average molecular weight is 411 g/mol. The maximum atomic E-state index is 12.1. The van der Waals surface area contributed by atoms with Crippen LogP contribution in [0.15, 0.2) is 54.6 Å². The van der Waals surface area contributed by atoms with Crippen LogP contribution in [0.1, 0.15) is 11.1 Å². The van der Waals surface area contributed by atoms with E-state index in [0.717, 1.165) is 5.56 Å². The van der Waals surface area contributed by atoms with Crippen molar-refractivity contribution < 1.29 is 33.3 Å². The van der Waals surface area contributed by atoms with Gasteiger partial charge < -0.3 is 24.3 Å². The third kappa shape index (κ3) is 5.84. The topological polar surface area (TPSA) is 100 Å². The van der Waals surface area contributed by atoms with Gasteiger partial charge >= 0.3 is 11.9 Å². The van der Waals surface area contributed by atoms with E-state index in [0.29, 0.717) is 17.1 Å². The second kappa shape index (κ2) is 10.1. The smallest absolute Gasteiger partial charge is 0.331 e. The number of esters is 2. The molecule has 1 N–H and O–H groups in total. The minimum absolute atomic E-state index is 0.163. The molecule has 0 aromatic heterocycles. The second-order valence-electron chi connectivity index (χ2n) is 6.39. The fraction of sp³-hybridized carbons (Fsp3) is 0.227. The van der Waals surface area contributed by atoms with Gasteiger partial charge in [-0.25, -0.2) is 9.59 Å². The van der Waals surface area contributed by atoms with Gasteiger partial charge in [0.05, 0.1) is 7.11 Å². The van der Waals surface area contributed by atoms with E-state index < -0.39 is 30.5 Å². The summed E-state index contributed by atoms with van der Waals surface area (Å²) in [6.45, 7) is -0.358. The number of fused-ring (bicyclic) bond motifs is 1. The molecule has 0 bridgehead atoms. The normalized spacial score (nSPS) is 13.0. The van der Waals surface area contributed by atoms with Crippen LogP contribution in [0, 0.1) is 0 Å². The molecule has 30 heavy (non-hydrogen) atoms. The van der Waals surface area contributed by atoms with Crippen molar-refractivity contribution in [1.82, 2.24) is 5.32 Å². The molecule has 0 unspecified atom stereocenters. The number of rotatable bonds is 8. The van der Waals surface area contributed by atoms with Gasteiger partial charge in [-0.05, 0) is 29.3 Å². The molecule has 156 valence electrons. The molecular weight excluding hydrogens is 390 g/mol. The van der Waals surface area contributed by atoms with Crippen LogP contribution in [0.3, 0.4) is 0 Å². The van der Waals surface area contributed by atoms with E-state index in [9.17, 15) is 14.4 Å². The quantitative estimate of drug-likeness (QED) is 0.523. The molecule has 0 aliphatic carbocycles. The largest absolute Gasteiger partial charge is 0.467 e. The van der Waals surface area contributed by atoms with Gasteiger partial charge in [0, 0.05) is 12.5 Å². The van der Waals surface area contributed by atoms with Gasteiger partial charge in [0.15, 0.2) is 18.1 Å². The van der Waals surface area contributed by atoms with Crippen molar-refractivity contribution in [1.29, 1.82) is 0 Å². The minimum Gasteiger partial charge on any atom is -0.467 e. The highest BCUT2D eigenvalue weighted by Crippen LogP contribution is 2.32. The van der Waals surface area contributed by atoms with Crippen LogP contribution in [-0.4, -0.2) is 44.4 Å². The predicted molar refractivity (Wildman–Crippen MR) is 107 cm³/mol. The van der Waals surface area contributed by atoms with Gasteiger partial charge in [-0.1, -0.05) is 36.4 Å². The first kappa shape index (κ1) is 20.9. The molecule has 0 saturated carbocycles. The summed E-state index contributed by atoms with van der Waals surface area (Å²) >= 11 is 0. The van der Waals surface area contributed by atoms with E-state index in [1.54, 1.807) is 18.2 Å². The zero-order chi connectivity index (χ0) is 21.3. The highest BCUT2D eigenvalue weighted by atomic mass is 16.7. The average Bonchev–Trinajstić information content (AvgIpc) is 3.24. The maximum Gasteiger partial charge on any atom is 0.331 e. The predicted octanol–water partition coefficient (Wildman–Crippen LogP) is 1.87. The first-order valence-electron chi connectivity index (χ1n) is 9.21. The first-order chi connectivity index (χ1) is 14.5. The number of amides is 1. The number of carbonyl (C=O) groups excluding carboxylic acids is 3. The summed E-state index contributed by atoms with van der Waals surface area (Å²) in [6.07, 6.45) is 3.00. The first-order valence-corrected chi connectivity index (χ1v) is 9.21. The molecular formula is C22H21NO7. The van der Waals surface area contributed by atoms with Gasteiger partial charge in [-0.15, -0.1) is 0 Å². The SMILES string of the molecule is COC(=O)[C@@H](Cc1ccccc1)NC(=O)COC(=O)/C=C/c1ccc2c(c1)OCO2. The van der Waals surface area contributed by atoms with Gasteiger partial charge in [0.25, 0.3) is 5.91 Å². The number of ether oxygens (including phenoxy) is 4. The zero-order valence-electron chi connectivity index (χ0n) is 16.3. The van der Waals surface area contributed by atoms with Crippen LogP contribution in [-0.2, 0) is 30.3 Å². The summed E-state index contributed by atoms with van der Waals surface area (Å²) in [4.78, 5) is 36.0. The highest BCUT2D eigenvalue weighted by molar-refractivity contribution is 5.90. The molecule has 0 radical (unpaired) electrons. The van der Waals surface area contributed by atoms with Gasteiger partial charge in [0.2, 0.25) is 6.79 Å². The Kier molecular flexibility index (Phi) is 7.05. The molecule has 0 fully saturated rings. The molecule has 3 rings (SSSR count). The molecule has 8 nitrogen and oxygen atoms in total. The van der Waals surface area contributed by atoms with Crippen LogP contribution in [0.2, 0.25) is 0 Å². The van der Waals surface area contributed by atoms with E-state index >= 15 is 0 Å². The molecule has 1 aliphatic heterocycles. The lowest BCUT2D eigenvalue weighted by Crippen LogP contribution is -2.44. The maximum absolute atomic E-state index is 12.1. The summed E-state index contributed by atoms with van der Waals surface area (Å²) in [5.41, 5.74) is 1.58. The summed E-state index contributed by atoms with van der Waals surface area (Å²) in [5, 5.41) is 2.53. The third-order valence-corrected chi connectivity index (χ3v) is 4.26. The molecule has 1 atom stereocenters. The molecule has 1 aliphatic rings. The van der Waals surface area contributed by atoms with Crippen LogP contribution < -0.4 is 14.8 Å². The minimum atomic E-state index is -0.882. The summed E-state index contributed by atoms with van der Waals surface area (Å²) in [5.74, 6) is -0.646. The van der Waals surface area contributed by atoms with E-state index in [-0.39, 0.29) is 13.2 Å². The van der Waals surface area contributed by atoms with Crippen molar-refractivity contribution in [3.05, 3.63) is 65.7 Å². The monoisotopic (exact) mass is 411 g/mol. The van der Waals surface area contributed by atoms with Crippen molar-refractivity contribution in [3.63, 3.8) is 0 Å². The Morgan fingerprint density at radius 1 is 1.10 bits per heavy atom. The molecule has 1 heterocycles. The fourth-order valence-electron chi connectivity index (χ4n) is 2.79. The number of hydrogen-bond donors (Lipinski definition) is 1.